The lowest BCUT2D eigenvalue weighted by Crippen LogP contribution is -2.64. The van der Waals surface area contributed by atoms with E-state index < -0.39 is 0 Å². The number of fused-ring (bicyclic) bond motifs is 2. The van der Waals surface area contributed by atoms with Crippen LogP contribution in [0.1, 0.15) is 0 Å². The maximum Gasteiger partial charge on any atom is 0.257 e. The predicted octanol–water partition coefficient (Wildman–Crippen LogP) is 9.86. The first kappa shape index (κ1) is 25.9. The maximum atomic E-state index is 2.53. The standard InChI is InChI=1S/C44H28BN3/c1-2-17-31(18-3-1)46-36-23-10-25-38-42(36)45-43-37(46)24-11-26-39(43)48(35-22-9-16-30-14-5-7-20-33(30)35)41-28-12-27-40(44(41)45)47(38)34-21-8-15-29-13-4-6-19-32(29)34/h1-28H. The molecule has 0 aromatic heterocycles. The van der Waals surface area contributed by atoms with Crippen molar-refractivity contribution in [2.24, 2.45) is 0 Å². The molecular weight excluding hydrogens is 581 g/mol. The lowest BCUT2D eigenvalue weighted by molar-refractivity contribution is 1.23. The van der Waals surface area contributed by atoms with Crippen LogP contribution in [0.15, 0.2) is 170 Å². The van der Waals surface area contributed by atoms with Gasteiger partial charge in [-0.15, -0.1) is 0 Å². The molecule has 0 N–H and O–H groups in total. The summed E-state index contributed by atoms with van der Waals surface area (Å²) in [6.45, 7) is 0.0889. The van der Waals surface area contributed by atoms with Gasteiger partial charge in [-0.1, -0.05) is 109 Å². The quantitative estimate of drug-likeness (QED) is 0.185. The normalized spacial score (nSPS) is 13.7. The van der Waals surface area contributed by atoms with Crippen molar-refractivity contribution in [3.8, 4) is 0 Å². The Morgan fingerprint density at radius 2 is 0.604 bits per heavy atom. The molecule has 48 heavy (non-hydrogen) atoms. The van der Waals surface area contributed by atoms with Crippen molar-refractivity contribution in [3.63, 3.8) is 0 Å². The van der Waals surface area contributed by atoms with Gasteiger partial charge in [-0.3, -0.25) is 0 Å². The largest absolute Gasteiger partial charge is 0.311 e. The molecule has 222 valence electrons. The van der Waals surface area contributed by atoms with Crippen molar-refractivity contribution in [1.82, 2.24) is 0 Å². The molecule has 3 nitrogen and oxygen atoms in total. The molecule has 0 spiro atoms. The molecule has 11 rings (SSSR count). The van der Waals surface area contributed by atoms with Crippen molar-refractivity contribution in [2.45, 2.75) is 0 Å². The van der Waals surface area contributed by atoms with Crippen molar-refractivity contribution < 1.29 is 0 Å². The minimum atomic E-state index is 0.0889. The van der Waals surface area contributed by atoms with E-state index in [1.165, 1.54) is 83.4 Å². The molecule has 4 heteroatoms. The van der Waals surface area contributed by atoms with E-state index in [1.807, 2.05) is 0 Å². The molecule has 0 fully saturated rings. The molecule has 3 aliphatic heterocycles. The van der Waals surface area contributed by atoms with Crippen molar-refractivity contribution in [2.75, 3.05) is 14.7 Å². The Balaban J connectivity index is 1.30. The first-order chi connectivity index (χ1) is 23.9. The van der Waals surface area contributed by atoms with Gasteiger partial charge < -0.3 is 14.7 Å². The third kappa shape index (κ3) is 3.34. The Morgan fingerprint density at radius 1 is 0.271 bits per heavy atom. The maximum absolute atomic E-state index is 2.53. The Hall–Kier alpha value is -6.26. The fourth-order valence-corrected chi connectivity index (χ4v) is 8.68. The molecule has 0 aliphatic carbocycles. The van der Waals surface area contributed by atoms with Gasteiger partial charge in [0.05, 0.1) is 11.4 Å². The number of rotatable bonds is 3. The zero-order valence-corrected chi connectivity index (χ0v) is 26.1. The second-order valence-corrected chi connectivity index (χ2v) is 12.9. The van der Waals surface area contributed by atoms with Crippen LogP contribution < -0.4 is 31.1 Å². The minimum absolute atomic E-state index is 0.0889. The number of hydrogen-bond acceptors (Lipinski definition) is 3. The monoisotopic (exact) mass is 609 g/mol. The SMILES string of the molecule is c1ccc(N2c3cccc4c3B3c5c2cccc5N(c2cccc5ccccc25)c2cccc(c23)N4c2cccc3ccccc23)cc1. The lowest BCUT2D eigenvalue weighted by Gasteiger charge is -2.49. The summed E-state index contributed by atoms with van der Waals surface area (Å²) >= 11 is 0. The Kier molecular flexibility index (Phi) is 5.19. The molecule has 0 saturated heterocycles. The Morgan fingerprint density at radius 3 is 1.06 bits per heavy atom. The summed E-state index contributed by atoms with van der Waals surface area (Å²) in [5.74, 6) is 0. The fraction of sp³-hybridized carbons (Fsp3) is 0. The van der Waals surface area contributed by atoms with Crippen LogP contribution in [-0.4, -0.2) is 6.71 Å². The average molecular weight is 610 g/mol. The van der Waals surface area contributed by atoms with Crippen LogP contribution in [0.4, 0.5) is 51.2 Å². The zero-order chi connectivity index (χ0) is 31.3. The van der Waals surface area contributed by atoms with Crippen LogP contribution in [0.25, 0.3) is 21.5 Å². The Labute approximate surface area is 279 Å². The van der Waals surface area contributed by atoms with Crippen molar-refractivity contribution in [1.29, 1.82) is 0 Å². The molecule has 3 aliphatic rings. The molecule has 3 heterocycles. The van der Waals surface area contributed by atoms with Gasteiger partial charge in [-0.25, -0.2) is 0 Å². The van der Waals surface area contributed by atoms with E-state index in [0.29, 0.717) is 0 Å². The third-order valence-electron chi connectivity index (χ3n) is 10.5. The van der Waals surface area contributed by atoms with Gasteiger partial charge in [0.25, 0.3) is 6.71 Å². The lowest BCUT2D eigenvalue weighted by atomic mass is 9.32. The minimum Gasteiger partial charge on any atom is -0.311 e. The van der Waals surface area contributed by atoms with Crippen LogP contribution in [0.5, 0.6) is 0 Å². The molecule has 0 bridgehead atoms. The van der Waals surface area contributed by atoms with E-state index in [9.17, 15) is 0 Å². The van der Waals surface area contributed by atoms with Crippen LogP contribution in [-0.2, 0) is 0 Å². The molecule has 0 amide bonds. The Bertz CT molecular complexity index is 2450. The second kappa shape index (κ2) is 9.63. The van der Waals surface area contributed by atoms with Crippen LogP contribution in [0.2, 0.25) is 0 Å². The van der Waals surface area contributed by atoms with Gasteiger partial charge in [-0.05, 0) is 87.8 Å². The predicted molar refractivity (Wildman–Crippen MR) is 204 cm³/mol. The van der Waals surface area contributed by atoms with E-state index in [-0.39, 0.29) is 6.71 Å². The summed E-state index contributed by atoms with van der Waals surface area (Å²) in [6, 6.07) is 62.4. The summed E-state index contributed by atoms with van der Waals surface area (Å²) in [5, 5.41) is 4.96. The highest BCUT2D eigenvalue weighted by Crippen LogP contribution is 2.51. The van der Waals surface area contributed by atoms with Gasteiger partial charge in [-0.2, -0.15) is 0 Å². The van der Waals surface area contributed by atoms with Gasteiger partial charge in [0.15, 0.2) is 0 Å². The van der Waals surface area contributed by atoms with E-state index in [0.717, 1.165) is 5.69 Å². The van der Waals surface area contributed by atoms with Gasteiger partial charge in [0.2, 0.25) is 0 Å². The highest BCUT2D eigenvalue weighted by molar-refractivity contribution is 7.02. The highest BCUT2D eigenvalue weighted by Gasteiger charge is 2.49. The van der Waals surface area contributed by atoms with Crippen LogP contribution in [0.3, 0.4) is 0 Å². The van der Waals surface area contributed by atoms with E-state index in [2.05, 4.69) is 185 Å². The number of nitrogens with zero attached hydrogens (tertiary/aromatic N) is 3. The van der Waals surface area contributed by atoms with E-state index in [4.69, 9.17) is 0 Å². The fourth-order valence-electron chi connectivity index (χ4n) is 8.68. The summed E-state index contributed by atoms with van der Waals surface area (Å²) in [4.78, 5) is 7.54. The van der Waals surface area contributed by atoms with Crippen LogP contribution >= 0.6 is 0 Å². The molecule has 0 atom stereocenters. The number of para-hydroxylation sites is 1. The van der Waals surface area contributed by atoms with Gasteiger partial charge in [0, 0.05) is 50.6 Å². The van der Waals surface area contributed by atoms with Crippen molar-refractivity contribution >= 4 is 95.8 Å². The second-order valence-electron chi connectivity index (χ2n) is 12.9. The molecule has 0 saturated carbocycles. The van der Waals surface area contributed by atoms with Gasteiger partial charge in [0.1, 0.15) is 0 Å². The van der Waals surface area contributed by atoms with Gasteiger partial charge >= 0.3 is 0 Å². The molecule has 0 unspecified atom stereocenters. The molecule has 8 aromatic rings. The number of benzene rings is 8. The first-order valence-corrected chi connectivity index (χ1v) is 16.7. The van der Waals surface area contributed by atoms with E-state index in [1.54, 1.807) is 0 Å². The summed E-state index contributed by atoms with van der Waals surface area (Å²) in [5.41, 5.74) is 15.0. The first-order valence-electron chi connectivity index (χ1n) is 16.7. The third-order valence-corrected chi connectivity index (χ3v) is 10.5. The molecule has 0 radical (unpaired) electrons. The van der Waals surface area contributed by atoms with Crippen LogP contribution in [0, 0.1) is 0 Å². The zero-order valence-electron chi connectivity index (χ0n) is 26.1. The summed E-state index contributed by atoms with van der Waals surface area (Å²) in [6.07, 6.45) is 0. The van der Waals surface area contributed by atoms with Crippen molar-refractivity contribution in [3.05, 3.63) is 170 Å². The average Bonchev–Trinajstić information content (AvgIpc) is 3.15. The summed E-state index contributed by atoms with van der Waals surface area (Å²) in [7, 11) is 0. The van der Waals surface area contributed by atoms with E-state index >= 15 is 0 Å². The number of anilines is 9. The molecular formula is C44H28BN3. The smallest absolute Gasteiger partial charge is 0.257 e. The molecule has 8 aromatic carbocycles. The topological polar surface area (TPSA) is 9.72 Å². The highest BCUT2D eigenvalue weighted by atomic mass is 15.2. The summed E-state index contributed by atoms with van der Waals surface area (Å²) < 4.78 is 0. The number of hydrogen-bond donors (Lipinski definition) is 0.